The van der Waals surface area contributed by atoms with Gasteiger partial charge in [0.2, 0.25) is 0 Å². The van der Waals surface area contributed by atoms with Crippen molar-refractivity contribution >= 4 is 0 Å². The highest BCUT2D eigenvalue weighted by molar-refractivity contribution is 5.78. The van der Waals surface area contributed by atoms with Gasteiger partial charge in [0.1, 0.15) is 11.5 Å². The number of benzene rings is 3. The van der Waals surface area contributed by atoms with Crippen molar-refractivity contribution in [2.75, 3.05) is 14.2 Å². The van der Waals surface area contributed by atoms with E-state index in [-0.39, 0.29) is 0 Å². The molecular formula is C24H26O2. The zero-order valence-corrected chi connectivity index (χ0v) is 16.0. The van der Waals surface area contributed by atoms with E-state index in [1.165, 1.54) is 16.7 Å². The maximum atomic E-state index is 5.74. The van der Waals surface area contributed by atoms with Gasteiger partial charge in [0.05, 0.1) is 19.8 Å². The van der Waals surface area contributed by atoms with Crippen LogP contribution in [0.1, 0.15) is 29.5 Å². The van der Waals surface area contributed by atoms with Crippen LogP contribution in [0, 0.1) is 6.92 Å². The van der Waals surface area contributed by atoms with Crippen LogP contribution in [-0.4, -0.2) is 14.2 Å². The van der Waals surface area contributed by atoms with Crippen LogP contribution in [0.3, 0.4) is 0 Å². The second-order valence-corrected chi connectivity index (χ2v) is 6.76. The molecule has 26 heavy (non-hydrogen) atoms. The minimum atomic E-state index is 0.367. The summed E-state index contributed by atoms with van der Waals surface area (Å²) in [5.74, 6) is 2.07. The maximum absolute atomic E-state index is 5.74. The number of methoxy groups -OCH3 is 2. The monoisotopic (exact) mass is 346 g/mol. The maximum Gasteiger partial charge on any atom is 0.130 e. The molecule has 0 aliphatic rings. The Labute approximate surface area is 156 Å². The molecule has 0 aromatic heterocycles. The Morgan fingerprint density at radius 1 is 0.808 bits per heavy atom. The van der Waals surface area contributed by atoms with E-state index >= 15 is 0 Å². The van der Waals surface area contributed by atoms with Crippen LogP contribution in [0.25, 0.3) is 11.1 Å². The van der Waals surface area contributed by atoms with Gasteiger partial charge in [0.25, 0.3) is 0 Å². The van der Waals surface area contributed by atoms with Crippen LogP contribution in [0.4, 0.5) is 0 Å². The van der Waals surface area contributed by atoms with Crippen molar-refractivity contribution in [2.24, 2.45) is 0 Å². The van der Waals surface area contributed by atoms with E-state index in [0.717, 1.165) is 29.0 Å². The molecule has 0 heterocycles. The van der Waals surface area contributed by atoms with Crippen LogP contribution in [0.15, 0.2) is 66.7 Å². The van der Waals surface area contributed by atoms with Crippen LogP contribution < -0.4 is 9.47 Å². The molecule has 3 rings (SSSR count). The summed E-state index contributed by atoms with van der Waals surface area (Å²) >= 11 is 0. The zero-order chi connectivity index (χ0) is 18.5. The Morgan fingerprint density at radius 3 is 2.04 bits per heavy atom. The van der Waals surface area contributed by atoms with Crippen LogP contribution in [0.2, 0.25) is 0 Å². The van der Waals surface area contributed by atoms with E-state index < -0.39 is 0 Å². The first kappa shape index (κ1) is 18.1. The first-order chi connectivity index (χ1) is 12.6. The van der Waals surface area contributed by atoms with E-state index in [9.17, 15) is 0 Å². The van der Waals surface area contributed by atoms with Crippen molar-refractivity contribution in [2.45, 2.75) is 26.2 Å². The summed E-state index contributed by atoms with van der Waals surface area (Å²) in [5.41, 5.74) is 5.89. The number of ether oxygens (including phenoxy) is 2. The van der Waals surface area contributed by atoms with E-state index in [4.69, 9.17) is 9.47 Å². The second kappa shape index (κ2) is 8.09. The third-order valence-electron chi connectivity index (χ3n) is 4.79. The van der Waals surface area contributed by atoms with Crippen LogP contribution in [-0.2, 0) is 6.42 Å². The lowest BCUT2D eigenvalue weighted by atomic mass is 9.91. The van der Waals surface area contributed by atoms with Gasteiger partial charge < -0.3 is 9.47 Å². The molecule has 3 aromatic rings. The summed E-state index contributed by atoms with van der Waals surface area (Å²) in [5, 5.41) is 0. The molecule has 0 fully saturated rings. The lowest BCUT2D eigenvalue weighted by Crippen LogP contribution is -2.02. The molecule has 3 aromatic carbocycles. The zero-order valence-electron chi connectivity index (χ0n) is 16.0. The third kappa shape index (κ3) is 3.91. The van der Waals surface area contributed by atoms with Crippen molar-refractivity contribution in [3.8, 4) is 22.6 Å². The minimum absolute atomic E-state index is 0.367. The summed E-state index contributed by atoms with van der Waals surface area (Å²) in [6, 6.07) is 23.3. The van der Waals surface area contributed by atoms with Crippen molar-refractivity contribution in [1.82, 2.24) is 0 Å². The van der Waals surface area contributed by atoms with Crippen LogP contribution >= 0.6 is 0 Å². The van der Waals surface area contributed by atoms with Crippen molar-refractivity contribution in [3.05, 3.63) is 83.4 Å². The van der Waals surface area contributed by atoms with Gasteiger partial charge in [0, 0.05) is 0 Å². The summed E-state index contributed by atoms with van der Waals surface area (Å²) in [6.07, 6.45) is 0.983. The fourth-order valence-corrected chi connectivity index (χ4v) is 3.39. The first-order valence-electron chi connectivity index (χ1n) is 8.99. The highest BCUT2D eigenvalue weighted by Gasteiger charge is 2.17. The van der Waals surface area contributed by atoms with Gasteiger partial charge in [-0.15, -0.1) is 0 Å². The largest absolute Gasteiger partial charge is 0.496 e. The highest BCUT2D eigenvalue weighted by atomic mass is 16.5. The molecular weight excluding hydrogens is 320 g/mol. The standard InChI is InChI=1S/C24H26O2/c1-17-9-8-12-20(13-17)24-22(25-3)15-21(16-23(24)26-4)18(2)14-19-10-6-5-7-11-19/h5-13,15-16,18H,14H2,1-4H3. The van der Waals surface area contributed by atoms with Gasteiger partial charge in [-0.1, -0.05) is 67.1 Å². The van der Waals surface area contributed by atoms with Crippen molar-refractivity contribution in [1.29, 1.82) is 0 Å². The second-order valence-electron chi connectivity index (χ2n) is 6.76. The molecule has 0 N–H and O–H groups in total. The van der Waals surface area contributed by atoms with Gasteiger partial charge in [-0.05, 0) is 48.1 Å². The Hall–Kier alpha value is -2.74. The predicted octanol–water partition coefficient (Wildman–Crippen LogP) is 6.03. The minimum Gasteiger partial charge on any atom is -0.496 e. The molecule has 134 valence electrons. The summed E-state index contributed by atoms with van der Waals surface area (Å²) < 4.78 is 11.5. The lowest BCUT2D eigenvalue weighted by Gasteiger charge is -2.19. The Kier molecular flexibility index (Phi) is 5.62. The quantitative estimate of drug-likeness (QED) is 0.543. The smallest absolute Gasteiger partial charge is 0.130 e. The molecule has 0 amide bonds. The number of rotatable bonds is 6. The Bertz CT molecular complexity index is 843. The van der Waals surface area contributed by atoms with Gasteiger partial charge in [-0.3, -0.25) is 0 Å². The third-order valence-corrected chi connectivity index (χ3v) is 4.79. The van der Waals surface area contributed by atoms with E-state index in [0.29, 0.717) is 5.92 Å². The number of hydrogen-bond acceptors (Lipinski definition) is 2. The van der Waals surface area contributed by atoms with E-state index in [1.54, 1.807) is 14.2 Å². The van der Waals surface area contributed by atoms with Crippen LogP contribution in [0.5, 0.6) is 11.5 Å². The normalized spacial score (nSPS) is 11.8. The van der Waals surface area contributed by atoms with Gasteiger partial charge >= 0.3 is 0 Å². The fraction of sp³-hybridized carbons (Fsp3) is 0.250. The SMILES string of the molecule is COc1cc(C(C)Cc2ccccc2)cc(OC)c1-c1cccc(C)c1. The molecule has 0 saturated heterocycles. The van der Waals surface area contributed by atoms with Crippen molar-refractivity contribution < 1.29 is 9.47 Å². The molecule has 0 spiro atoms. The molecule has 1 atom stereocenters. The topological polar surface area (TPSA) is 18.5 Å². The van der Waals surface area contributed by atoms with E-state index in [1.807, 2.05) is 0 Å². The molecule has 2 heteroatoms. The lowest BCUT2D eigenvalue weighted by molar-refractivity contribution is 0.396. The Balaban J connectivity index is 2.01. The molecule has 0 aliphatic carbocycles. The first-order valence-corrected chi connectivity index (χ1v) is 8.99. The molecule has 0 aliphatic heterocycles. The predicted molar refractivity (Wildman–Crippen MR) is 108 cm³/mol. The molecule has 0 radical (unpaired) electrons. The summed E-state index contributed by atoms with van der Waals surface area (Å²) in [7, 11) is 3.44. The molecule has 0 saturated carbocycles. The van der Waals surface area contributed by atoms with E-state index in [2.05, 4.69) is 80.6 Å². The van der Waals surface area contributed by atoms with Crippen molar-refractivity contribution in [3.63, 3.8) is 0 Å². The Morgan fingerprint density at radius 2 is 1.46 bits per heavy atom. The number of aryl methyl sites for hydroxylation is 1. The average Bonchev–Trinajstić information content (AvgIpc) is 2.67. The fourth-order valence-electron chi connectivity index (χ4n) is 3.39. The molecule has 1 unspecified atom stereocenters. The van der Waals surface area contributed by atoms with Gasteiger partial charge in [-0.2, -0.15) is 0 Å². The highest BCUT2D eigenvalue weighted by Crippen LogP contribution is 2.41. The molecule has 0 bridgehead atoms. The average molecular weight is 346 g/mol. The number of hydrogen-bond donors (Lipinski definition) is 0. The van der Waals surface area contributed by atoms with Gasteiger partial charge in [0.15, 0.2) is 0 Å². The summed E-state index contributed by atoms with van der Waals surface area (Å²) in [6.45, 7) is 4.34. The summed E-state index contributed by atoms with van der Waals surface area (Å²) in [4.78, 5) is 0. The molecule has 2 nitrogen and oxygen atoms in total. The van der Waals surface area contributed by atoms with Gasteiger partial charge in [-0.25, -0.2) is 0 Å².